The molecule has 0 fully saturated rings. The summed E-state index contributed by atoms with van der Waals surface area (Å²) in [6, 6.07) is 11.2. The number of ether oxygens (including phenoxy) is 2. The molecule has 0 spiro atoms. The van der Waals surface area contributed by atoms with E-state index in [4.69, 9.17) is 9.47 Å². The average Bonchev–Trinajstić information content (AvgIpc) is 2.65. The van der Waals surface area contributed by atoms with Crippen molar-refractivity contribution in [1.82, 2.24) is 5.32 Å². The van der Waals surface area contributed by atoms with Crippen LogP contribution >= 0.6 is 0 Å². The smallest absolute Gasteiger partial charge is 0.243 e. The van der Waals surface area contributed by atoms with Crippen molar-refractivity contribution < 1.29 is 23.5 Å². The van der Waals surface area contributed by atoms with Gasteiger partial charge in [0.2, 0.25) is 11.8 Å². The number of anilines is 1. The minimum Gasteiger partial charge on any atom is -0.486 e. The predicted molar refractivity (Wildman–Crippen MR) is 93.8 cm³/mol. The summed E-state index contributed by atoms with van der Waals surface area (Å²) in [6.07, 6.45) is 0.591. The molecular formula is C19H19FN2O4. The third-order valence-electron chi connectivity index (χ3n) is 3.80. The van der Waals surface area contributed by atoms with Crippen LogP contribution in [-0.4, -0.2) is 31.6 Å². The molecule has 6 nitrogen and oxygen atoms in total. The predicted octanol–water partition coefficient (Wildman–Crippen LogP) is 2.28. The zero-order valence-electron chi connectivity index (χ0n) is 14.1. The van der Waals surface area contributed by atoms with Crippen molar-refractivity contribution >= 4 is 17.5 Å². The van der Waals surface area contributed by atoms with Crippen LogP contribution in [0.1, 0.15) is 12.0 Å². The van der Waals surface area contributed by atoms with Gasteiger partial charge in [-0.3, -0.25) is 9.59 Å². The Balaban J connectivity index is 1.43. The second kappa shape index (κ2) is 8.33. The Kier molecular flexibility index (Phi) is 5.68. The fraction of sp³-hybridized carbons (Fsp3) is 0.263. The summed E-state index contributed by atoms with van der Waals surface area (Å²) in [5.74, 6) is 0.266. The van der Waals surface area contributed by atoms with Gasteiger partial charge in [-0.15, -0.1) is 0 Å². The second-order valence-corrected chi connectivity index (χ2v) is 5.81. The highest BCUT2D eigenvalue weighted by Crippen LogP contribution is 2.32. The Labute approximate surface area is 150 Å². The monoisotopic (exact) mass is 358 g/mol. The Morgan fingerprint density at radius 1 is 1.00 bits per heavy atom. The van der Waals surface area contributed by atoms with Gasteiger partial charge in [-0.05, 0) is 36.2 Å². The molecule has 1 aliphatic rings. The maximum absolute atomic E-state index is 13.1. The summed E-state index contributed by atoms with van der Waals surface area (Å²) in [6.45, 7) is 0.822. The van der Waals surface area contributed by atoms with Crippen LogP contribution in [0.3, 0.4) is 0 Å². The van der Waals surface area contributed by atoms with Crippen LogP contribution in [0, 0.1) is 5.82 Å². The molecule has 7 heteroatoms. The molecule has 2 N–H and O–H groups in total. The summed E-state index contributed by atoms with van der Waals surface area (Å²) < 4.78 is 24.0. The van der Waals surface area contributed by atoms with Crippen LogP contribution in [0.2, 0.25) is 0 Å². The molecule has 0 saturated heterocycles. The standard InChI is InChI=1S/C19H19FN2O4/c20-14-3-1-2-13(10-14)4-7-18(23)21-12-19(24)22-15-5-6-16-17(11-15)26-9-8-25-16/h1-3,5-6,10-11H,4,7-9,12H2,(H,21,23)(H,22,24). The van der Waals surface area contributed by atoms with E-state index in [0.29, 0.717) is 36.8 Å². The minimum atomic E-state index is -0.346. The first-order valence-electron chi connectivity index (χ1n) is 8.31. The summed E-state index contributed by atoms with van der Waals surface area (Å²) in [7, 11) is 0. The lowest BCUT2D eigenvalue weighted by molar-refractivity contribution is -0.124. The number of hydrogen-bond acceptors (Lipinski definition) is 4. The first kappa shape index (κ1) is 17.7. The molecule has 0 bridgehead atoms. The molecule has 0 saturated carbocycles. The number of amides is 2. The quantitative estimate of drug-likeness (QED) is 0.831. The van der Waals surface area contributed by atoms with Crippen molar-refractivity contribution in [2.45, 2.75) is 12.8 Å². The maximum atomic E-state index is 13.1. The number of carbonyl (C=O) groups is 2. The Morgan fingerprint density at radius 3 is 2.62 bits per heavy atom. The van der Waals surface area contributed by atoms with Crippen molar-refractivity contribution in [2.75, 3.05) is 25.1 Å². The molecule has 1 aliphatic heterocycles. The molecule has 0 aliphatic carbocycles. The molecule has 2 aromatic rings. The zero-order chi connectivity index (χ0) is 18.4. The first-order chi connectivity index (χ1) is 12.6. The molecule has 0 atom stereocenters. The third-order valence-corrected chi connectivity index (χ3v) is 3.80. The molecule has 3 rings (SSSR count). The van der Waals surface area contributed by atoms with Crippen LogP contribution < -0.4 is 20.1 Å². The van der Waals surface area contributed by atoms with Gasteiger partial charge in [0, 0.05) is 18.2 Å². The van der Waals surface area contributed by atoms with Crippen LogP contribution in [-0.2, 0) is 16.0 Å². The van der Waals surface area contributed by atoms with Gasteiger partial charge in [0.05, 0.1) is 6.54 Å². The second-order valence-electron chi connectivity index (χ2n) is 5.81. The fourth-order valence-electron chi connectivity index (χ4n) is 2.54. The van der Waals surface area contributed by atoms with E-state index in [1.54, 1.807) is 30.3 Å². The zero-order valence-corrected chi connectivity index (χ0v) is 14.1. The highest BCUT2D eigenvalue weighted by Gasteiger charge is 2.13. The molecule has 2 aromatic carbocycles. The van der Waals surface area contributed by atoms with Crippen molar-refractivity contribution in [3.05, 3.63) is 53.8 Å². The third kappa shape index (κ3) is 4.95. The number of halogens is 1. The highest BCUT2D eigenvalue weighted by atomic mass is 19.1. The number of aryl methyl sites for hydroxylation is 1. The van der Waals surface area contributed by atoms with Crippen LogP contribution in [0.15, 0.2) is 42.5 Å². The van der Waals surface area contributed by atoms with Crippen molar-refractivity contribution in [2.24, 2.45) is 0 Å². The number of nitrogens with one attached hydrogen (secondary N) is 2. The number of rotatable bonds is 6. The average molecular weight is 358 g/mol. The van der Waals surface area contributed by atoms with E-state index in [2.05, 4.69) is 10.6 Å². The topological polar surface area (TPSA) is 76.7 Å². The van der Waals surface area contributed by atoms with Gasteiger partial charge >= 0.3 is 0 Å². The number of fused-ring (bicyclic) bond motifs is 1. The van der Waals surface area contributed by atoms with Gasteiger partial charge in [0.1, 0.15) is 19.0 Å². The lowest BCUT2D eigenvalue weighted by atomic mass is 10.1. The minimum absolute atomic E-state index is 0.142. The van der Waals surface area contributed by atoms with E-state index < -0.39 is 0 Å². The molecular weight excluding hydrogens is 339 g/mol. The van der Waals surface area contributed by atoms with Gasteiger partial charge < -0.3 is 20.1 Å². The SMILES string of the molecule is O=C(CCc1cccc(F)c1)NCC(=O)Nc1ccc2c(c1)OCCO2. The Bertz CT molecular complexity index is 810. The van der Waals surface area contributed by atoms with Crippen molar-refractivity contribution in [3.63, 3.8) is 0 Å². The van der Waals surface area contributed by atoms with Gasteiger partial charge in [-0.2, -0.15) is 0 Å². The molecule has 0 radical (unpaired) electrons. The Morgan fingerprint density at radius 2 is 1.81 bits per heavy atom. The van der Waals surface area contributed by atoms with E-state index in [-0.39, 0.29) is 30.6 Å². The lowest BCUT2D eigenvalue weighted by Crippen LogP contribution is -2.33. The number of hydrogen-bond donors (Lipinski definition) is 2. The maximum Gasteiger partial charge on any atom is 0.243 e. The molecule has 2 amide bonds. The van der Waals surface area contributed by atoms with Gasteiger partial charge in [-0.25, -0.2) is 4.39 Å². The number of benzene rings is 2. The van der Waals surface area contributed by atoms with Gasteiger partial charge in [0.15, 0.2) is 11.5 Å². The molecule has 0 aromatic heterocycles. The van der Waals surface area contributed by atoms with E-state index in [1.807, 2.05) is 0 Å². The Hall–Kier alpha value is -3.09. The highest BCUT2D eigenvalue weighted by molar-refractivity contribution is 5.94. The van der Waals surface area contributed by atoms with E-state index >= 15 is 0 Å². The van der Waals surface area contributed by atoms with E-state index in [9.17, 15) is 14.0 Å². The summed E-state index contributed by atoms with van der Waals surface area (Å²) in [5, 5.41) is 5.24. The van der Waals surface area contributed by atoms with E-state index in [1.165, 1.54) is 12.1 Å². The summed E-state index contributed by atoms with van der Waals surface area (Å²) in [5.41, 5.74) is 1.30. The largest absolute Gasteiger partial charge is 0.486 e. The van der Waals surface area contributed by atoms with E-state index in [0.717, 1.165) is 5.56 Å². The van der Waals surface area contributed by atoms with Gasteiger partial charge in [-0.1, -0.05) is 12.1 Å². The van der Waals surface area contributed by atoms with Crippen molar-refractivity contribution in [1.29, 1.82) is 0 Å². The van der Waals surface area contributed by atoms with Crippen molar-refractivity contribution in [3.8, 4) is 11.5 Å². The molecule has 136 valence electrons. The first-order valence-corrected chi connectivity index (χ1v) is 8.31. The lowest BCUT2D eigenvalue weighted by Gasteiger charge is -2.19. The van der Waals surface area contributed by atoms with Crippen LogP contribution in [0.25, 0.3) is 0 Å². The summed E-state index contributed by atoms with van der Waals surface area (Å²) in [4.78, 5) is 23.8. The van der Waals surface area contributed by atoms with Gasteiger partial charge in [0.25, 0.3) is 0 Å². The van der Waals surface area contributed by atoms with Crippen LogP contribution in [0.5, 0.6) is 11.5 Å². The molecule has 0 unspecified atom stereocenters. The summed E-state index contributed by atoms with van der Waals surface area (Å²) >= 11 is 0. The number of carbonyl (C=O) groups excluding carboxylic acids is 2. The van der Waals surface area contributed by atoms with Crippen LogP contribution in [0.4, 0.5) is 10.1 Å². The fourth-order valence-corrected chi connectivity index (χ4v) is 2.54. The molecule has 26 heavy (non-hydrogen) atoms. The molecule has 1 heterocycles. The normalized spacial score (nSPS) is 12.3.